The highest BCUT2D eigenvalue weighted by Crippen LogP contribution is 2.18. The second-order valence-corrected chi connectivity index (χ2v) is 5.97. The van der Waals surface area contributed by atoms with E-state index in [9.17, 15) is 9.59 Å². The van der Waals surface area contributed by atoms with Gasteiger partial charge in [0.05, 0.1) is 19.6 Å². The molecule has 0 rings (SSSR count). The number of nitrogens with one attached hydrogen (secondary N) is 1. The lowest BCUT2D eigenvalue weighted by molar-refractivity contribution is -0.955. The molecule has 7 nitrogen and oxygen atoms in total. The van der Waals surface area contributed by atoms with Crippen LogP contribution < -0.4 is 5.43 Å². The molecule has 0 saturated carbocycles. The van der Waals surface area contributed by atoms with Crippen molar-refractivity contribution < 1.29 is 23.5 Å². The molecule has 0 aliphatic carbocycles. The molecule has 0 radical (unpaired) electrons. The van der Waals surface area contributed by atoms with Gasteiger partial charge in [-0.1, -0.05) is 0 Å². The summed E-state index contributed by atoms with van der Waals surface area (Å²) < 4.78 is 10.8. The van der Waals surface area contributed by atoms with Gasteiger partial charge in [0.2, 0.25) is 0 Å². The van der Waals surface area contributed by atoms with Gasteiger partial charge in [-0.15, -0.1) is 0 Å². The van der Waals surface area contributed by atoms with Gasteiger partial charge in [0.15, 0.2) is 0 Å². The Morgan fingerprint density at radius 2 is 1.68 bits per heavy atom. The standard InChI is InChI=1S/C15H29N3O4/c1-8-16-17-12(19)13(18(9-2,10-3)11-4)21-14(20)22-15(5,6)7/h8,13H,9-11H2,1-7H3/p+1/b16-8+. The van der Waals surface area contributed by atoms with Crippen LogP contribution in [0.1, 0.15) is 48.5 Å². The third kappa shape index (κ3) is 6.01. The van der Waals surface area contributed by atoms with Crippen molar-refractivity contribution in [1.29, 1.82) is 0 Å². The molecule has 0 aromatic heterocycles. The summed E-state index contributed by atoms with van der Waals surface area (Å²) in [4.78, 5) is 24.3. The summed E-state index contributed by atoms with van der Waals surface area (Å²) in [5, 5.41) is 3.72. The van der Waals surface area contributed by atoms with Gasteiger partial charge in [-0.25, -0.2) is 10.2 Å². The minimum absolute atomic E-state index is 0.310. The van der Waals surface area contributed by atoms with Crippen LogP contribution in [0.4, 0.5) is 4.79 Å². The number of carbonyl (C=O) groups is 2. The van der Waals surface area contributed by atoms with Crippen molar-refractivity contribution in [2.45, 2.75) is 60.3 Å². The second kappa shape index (κ2) is 8.73. The molecule has 0 aromatic rings. The zero-order chi connectivity index (χ0) is 17.4. The highest BCUT2D eigenvalue weighted by molar-refractivity contribution is 5.81. The van der Waals surface area contributed by atoms with E-state index < -0.39 is 23.9 Å². The molecule has 0 aliphatic heterocycles. The fourth-order valence-corrected chi connectivity index (χ4v) is 2.13. The monoisotopic (exact) mass is 316 g/mol. The highest BCUT2D eigenvalue weighted by Gasteiger charge is 2.42. The number of hydrogen-bond acceptors (Lipinski definition) is 5. The lowest BCUT2D eigenvalue weighted by Gasteiger charge is -2.40. The maximum absolute atomic E-state index is 12.4. The van der Waals surface area contributed by atoms with E-state index in [1.807, 2.05) is 20.8 Å². The first-order valence-electron chi connectivity index (χ1n) is 7.68. The molecule has 0 aliphatic rings. The van der Waals surface area contributed by atoms with Gasteiger partial charge < -0.3 is 9.47 Å². The van der Waals surface area contributed by atoms with Gasteiger partial charge in [-0.3, -0.25) is 9.28 Å². The van der Waals surface area contributed by atoms with Crippen molar-refractivity contribution in [3.63, 3.8) is 0 Å². The number of rotatable bonds is 7. The number of carbonyl (C=O) groups excluding carboxylic acids is 2. The zero-order valence-corrected chi connectivity index (χ0v) is 14.8. The minimum atomic E-state index is -1.00. The van der Waals surface area contributed by atoms with Gasteiger partial charge in [0.1, 0.15) is 5.60 Å². The fraction of sp³-hybridized carbons (Fsp3) is 0.800. The Morgan fingerprint density at radius 3 is 2.05 bits per heavy atom. The van der Waals surface area contributed by atoms with Crippen LogP contribution in [-0.4, -0.2) is 54.2 Å². The van der Waals surface area contributed by atoms with E-state index in [1.165, 1.54) is 6.21 Å². The van der Waals surface area contributed by atoms with Gasteiger partial charge in [-0.2, -0.15) is 5.10 Å². The Balaban J connectivity index is 5.33. The van der Waals surface area contributed by atoms with E-state index in [0.717, 1.165) is 0 Å². The number of likely N-dealkylation sites (N-methyl/N-ethyl adjacent to an activating group) is 1. The van der Waals surface area contributed by atoms with Crippen LogP contribution in [0.5, 0.6) is 0 Å². The quantitative estimate of drug-likeness (QED) is 0.257. The molecular formula is C15H30N3O4+. The van der Waals surface area contributed by atoms with Crippen LogP contribution >= 0.6 is 0 Å². The molecule has 22 heavy (non-hydrogen) atoms. The summed E-state index contributed by atoms with van der Waals surface area (Å²) in [6.07, 6.45) is -0.398. The molecule has 0 saturated heterocycles. The number of nitrogens with zero attached hydrogens (tertiary/aromatic N) is 2. The lowest BCUT2D eigenvalue weighted by atomic mass is 10.2. The van der Waals surface area contributed by atoms with Gasteiger partial charge in [0, 0.05) is 6.21 Å². The summed E-state index contributed by atoms with van der Waals surface area (Å²) in [5.74, 6) is -0.463. The molecule has 0 spiro atoms. The summed E-state index contributed by atoms with van der Waals surface area (Å²) in [5.41, 5.74) is 1.71. The van der Waals surface area contributed by atoms with Crippen molar-refractivity contribution in [2.75, 3.05) is 19.6 Å². The predicted octanol–water partition coefficient (Wildman–Crippen LogP) is 2.26. The molecular weight excluding hydrogens is 286 g/mol. The fourth-order valence-electron chi connectivity index (χ4n) is 2.13. The van der Waals surface area contributed by atoms with E-state index in [1.54, 1.807) is 27.7 Å². The molecule has 0 bridgehead atoms. The maximum Gasteiger partial charge on any atom is 0.513 e. The number of hydrazone groups is 1. The zero-order valence-electron chi connectivity index (χ0n) is 14.8. The van der Waals surface area contributed by atoms with Crippen LogP contribution in [0, 0.1) is 0 Å². The first kappa shape index (κ1) is 20.4. The number of ether oxygens (including phenoxy) is 2. The van der Waals surface area contributed by atoms with E-state index in [4.69, 9.17) is 9.47 Å². The normalized spacial score (nSPS) is 13.8. The molecule has 0 aromatic carbocycles. The molecule has 1 amide bonds. The predicted molar refractivity (Wildman–Crippen MR) is 85.3 cm³/mol. The first-order valence-corrected chi connectivity index (χ1v) is 7.68. The molecule has 1 atom stereocenters. The third-order valence-corrected chi connectivity index (χ3v) is 3.51. The summed E-state index contributed by atoms with van der Waals surface area (Å²) in [7, 11) is 0. The third-order valence-electron chi connectivity index (χ3n) is 3.51. The summed E-state index contributed by atoms with van der Waals surface area (Å²) in [6, 6.07) is 0. The van der Waals surface area contributed by atoms with Gasteiger partial charge in [0.25, 0.3) is 0 Å². The Labute approximate surface area is 133 Å². The lowest BCUT2D eigenvalue weighted by Crippen LogP contribution is -2.62. The number of amides is 1. The SMILES string of the molecule is C/C=N/NC(=O)C(OC(=O)OC(C)(C)C)[N+](CC)(CC)CC. The Bertz CT molecular complexity index is 390. The van der Waals surface area contributed by atoms with E-state index in [-0.39, 0.29) is 0 Å². The van der Waals surface area contributed by atoms with Crippen LogP contribution in [0.25, 0.3) is 0 Å². The van der Waals surface area contributed by atoms with Crippen molar-refractivity contribution in [1.82, 2.24) is 5.43 Å². The summed E-state index contributed by atoms with van der Waals surface area (Å²) >= 11 is 0. The van der Waals surface area contributed by atoms with E-state index >= 15 is 0 Å². The first-order chi connectivity index (χ1) is 10.2. The van der Waals surface area contributed by atoms with E-state index in [2.05, 4.69) is 10.5 Å². The Kier molecular flexibility index (Phi) is 8.08. The average molecular weight is 316 g/mol. The van der Waals surface area contributed by atoms with Gasteiger partial charge in [-0.05, 0) is 48.5 Å². The molecule has 128 valence electrons. The molecule has 0 heterocycles. The van der Waals surface area contributed by atoms with Crippen LogP contribution in [0.3, 0.4) is 0 Å². The second-order valence-electron chi connectivity index (χ2n) is 5.97. The van der Waals surface area contributed by atoms with E-state index in [0.29, 0.717) is 24.1 Å². The van der Waals surface area contributed by atoms with Crippen molar-refractivity contribution in [3.8, 4) is 0 Å². The average Bonchev–Trinajstić information content (AvgIpc) is 2.44. The minimum Gasteiger partial charge on any atom is -0.428 e. The van der Waals surface area contributed by atoms with Crippen molar-refractivity contribution >= 4 is 18.3 Å². The largest absolute Gasteiger partial charge is 0.513 e. The molecule has 7 heteroatoms. The Morgan fingerprint density at radius 1 is 1.18 bits per heavy atom. The van der Waals surface area contributed by atoms with Crippen LogP contribution in [-0.2, 0) is 14.3 Å². The topological polar surface area (TPSA) is 77.0 Å². The van der Waals surface area contributed by atoms with Crippen LogP contribution in [0.15, 0.2) is 5.10 Å². The van der Waals surface area contributed by atoms with Gasteiger partial charge >= 0.3 is 18.3 Å². The van der Waals surface area contributed by atoms with Crippen LogP contribution in [0.2, 0.25) is 0 Å². The maximum atomic E-state index is 12.4. The molecule has 0 fully saturated rings. The molecule has 1 unspecified atom stereocenters. The highest BCUT2D eigenvalue weighted by atomic mass is 16.7. The molecule has 1 N–H and O–H groups in total. The summed E-state index contributed by atoms with van der Waals surface area (Å²) in [6.45, 7) is 14.7. The smallest absolute Gasteiger partial charge is 0.428 e. The Hall–Kier alpha value is -1.63. The number of quaternary nitrogens is 1. The number of hydrogen-bond donors (Lipinski definition) is 1. The van der Waals surface area contributed by atoms with Crippen molar-refractivity contribution in [2.24, 2.45) is 5.10 Å². The van der Waals surface area contributed by atoms with Crippen molar-refractivity contribution in [3.05, 3.63) is 0 Å².